The monoisotopic (exact) mass is 404 g/mol. The van der Waals surface area contributed by atoms with Gasteiger partial charge in [-0.3, -0.25) is 0 Å². The van der Waals surface area contributed by atoms with Gasteiger partial charge in [-0.25, -0.2) is 22.5 Å². The maximum Gasteiger partial charge on any atom is 0.211 e. The minimum atomic E-state index is -3.15. The summed E-state index contributed by atoms with van der Waals surface area (Å²) < 4.78 is 38.7. The number of guanidine groups is 1. The number of rotatable bonds is 11. The van der Waals surface area contributed by atoms with Crippen molar-refractivity contribution in [2.75, 3.05) is 31.6 Å². The molecule has 0 aliphatic carbocycles. The predicted molar refractivity (Wildman–Crippen MR) is 109 cm³/mol. The van der Waals surface area contributed by atoms with E-state index in [9.17, 15) is 12.8 Å². The number of benzene rings is 1. The Hall–Kier alpha value is -1.32. The van der Waals surface area contributed by atoms with Gasteiger partial charge in [-0.05, 0) is 49.8 Å². The molecule has 1 aromatic rings. The van der Waals surface area contributed by atoms with Gasteiger partial charge in [0.25, 0.3) is 0 Å². The normalized spacial score (nSPS) is 12.2. The van der Waals surface area contributed by atoms with Crippen LogP contribution in [0, 0.1) is 5.82 Å². The highest BCUT2D eigenvalue weighted by atomic mass is 32.2. The van der Waals surface area contributed by atoms with Gasteiger partial charge in [0, 0.05) is 25.4 Å². The maximum absolute atomic E-state index is 13.4. The molecule has 1 rings (SSSR count). The van der Waals surface area contributed by atoms with Crippen molar-refractivity contribution in [3.63, 3.8) is 0 Å². The van der Waals surface area contributed by atoms with E-state index in [4.69, 9.17) is 0 Å². The topological polar surface area (TPSA) is 82.6 Å². The maximum atomic E-state index is 13.4. The zero-order valence-electron chi connectivity index (χ0n) is 15.6. The van der Waals surface area contributed by atoms with Gasteiger partial charge in [0.1, 0.15) is 5.82 Å². The highest BCUT2D eigenvalue weighted by Crippen LogP contribution is 2.17. The molecule has 0 radical (unpaired) electrons. The van der Waals surface area contributed by atoms with Crippen LogP contribution in [-0.4, -0.2) is 46.0 Å². The lowest BCUT2D eigenvalue weighted by molar-refractivity contribution is 0.579. The summed E-state index contributed by atoms with van der Waals surface area (Å²) in [5, 5.41) is 6.34. The van der Waals surface area contributed by atoms with Crippen molar-refractivity contribution in [1.29, 1.82) is 0 Å². The first-order chi connectivity index (χ1) is 12.4. The summed E-state index contributed by atoms with van der Waals surface area (Å²) in [7, 11) is -3.15. The molecule has 0 heterocycles. The highest BCUT2D eigenvalue weighted by molar-refractivity contribution is 7.97. The van der Waals surface area contributed by atoms with Crippen molar-refractivity contribution in [2.24, 2.45) is 4.99 Å². The van der Waals surface area contributed by atoms with Crippen molar-refractivity contribution in [1.82, 2.24) is 15.4 Å². The van der Waals surface area contributed by atoms with Crippen LogP contribution < -0.4 is 15.4 Å². The number of hydrogen-bond acceptors (Lipinski definition) is 4. The first-order valence-electron chi connectivity index (χ1n) is 8.67. The number of halogens is 1. The standard InChI is InChI=1S/C17H29FN4O2S2/c1-4-19-17(20-9-6-10-22-26(23,24)5-2)21-12-14-7-8-16(18)11-15(14)13-25-3/h7-8,11,22H,4-6,9-10,12-13H2,1-3H3,(H2,19,20,21). The molecule has 0 aliphatic rings. The fourth-order valence-corrected chi connectivity index (χ4v) is 3.41. The van der Waals surface area contributed by atoms with E-state index in [0.29, 0.717) is 32.0 Å². The van der Waals surface area contributed by atoms with Crippen LogP contribution in [0.4, 0.5) is 4.39 Å². The average Bonchev–Trinajstić information content (AvgIpc) is 2.60. The molecule has 0 saturated heterocycles. The summed E-state index contributed by atoms with van der Waals surface area (Å²) in [5.41, 5.74) is 1.94. The summed E-state index contributed by atoms with van der Waals surface area (Å²) in [5.74, 6) is 1.25. The van der Waals surface area contributed by atoms with Crippen LogP contribution in [0.1, 0.15) is 31.4 Å². The Kier molecular flexibility index (Phi) is 10.6. The van der Waals surface area contributed by atoms with Crippen LogP contribution in [0.25, 0.3) is 0 Å². The van der Waals surface area contributed by atoms with E-state index in [1.807, 2.05) is 13.2 Å². The molecule has 148 valence electrons. The first kappa shape index (κ1) is 22.7. The molecule has 0 atom stereocenters. The molecule has 0 bridgehead atoms. The lowest BCUT2D eigenvalue weighted by Crippen LogP contribution is -2.38. The number of nitrogens with one attached hydrogen (secondary N) is 3. The molecule has 0 saturated carbocycles. The summed E-state index contributed by atoms with van der Waals surface area (Å²) in [6, 6.07) is 4.78. The summed E-state index contributed by atoms with van der Waals surface area (Å²) >= 11 is 1.64. The number of nitrogens with zero attached hydrogens (tertiary/aromatic N) is 1. The number of hydrogen-bond donors (Lipinski definition) is 3. The van der Waals surface area contributed by atoms with E-state index in [-0.39, 0.29) is 11.6 Å². The van der Waals surface area contributed by atoms with Gasteiger partial charge in [0.2, 0.25) is 10.0 Å². The third-order valence-electron chi connectivity index (χ3n) is 3.57. The zero-order valence-corrected chi connectivity index (χ0v) is 17.3. The Labute approximate surface area is 160 Å². The van der Waals surface area contributed by atoms with Crippen LogP contribution in [0.15, 0.2) is 23.2 Å². The van der Waals surface area contributed by atoms with Crippen molar-refractivity contribution in [3.05, 3.63) is 35.1 Å². The quantitative estimate of drug-likeness (QED) is 0.299. The molecule has 0 amide bonds. The second-order valence-corrected chi connectivity index (χ2v) is 8.58. The Morgan fingerprint density at radius 2 is 1.96 bits per heavy atom. The zero-order chi connectivity index (χ0) is 19.4. The second kappa shape index (κ2) is 12.1. The van der Waals surface area contributed by atoms with Crippen molar-refractivity contribution in [3.8, 4) is 0 Å². The molecule has 3 N–H and O–H groups in total. The molecule has 9 heteroatoms. The molecular formula is C17H29FN4O2S2. The van der Waals surface area contributed by atoms with Gasteiger partial charge in [-0.15, -0.1) is 0 Å². The van der Waals surface area contributed by atoms with Crippen molar-refractivity contribution >= 4 is 27.7 Å². The Bertz CT molecular complexity index is 681. The Morgan fingerprint density at radius 3 is 2.62 bits per heavy atom. The van der Waals surface area contributed by atoms with Crippen LogP contribution in [0.3, 0.4) is 0 Å². The first-order valence-corrected chi connectivity index (χ1v) is 11.7. The summed E-state index contributed by atoms with van der Waals surface area (Å²) in [6.07, 6.45) is 2.63. The van der Waals surface area contributed by atoms with Crippen LogP contribution in [0.2, 0.25) is 0 Å². The van der Waals surface area contributed by atoms with E-state index in [1.54, 1.807) is 30.8 Å². The number of thioether (sulfide) groups is 1. The van der Waals surface area contributed by atoms with Crippen LogP contribution >= 0.6 is 11.8 Å². The van der Waals surface area contributed by atoms with E-state index in [1.165, 1.54) is 6.07 Å². The summed E-state index contributed by atoms with van der Waals surface area (Å²) in [6.45, 7) is 5.74. The highest BCUT2D eigenvalue weighted by Gasteiger charge is 2.06. The van der Waals surface area contributed by atoms with Gasteiger partial charge in [-0.2, -0.15) is 11.8 Å². The third-order valence-corrected chi connectivity index (χ3v) is 5.57. The predicted octanol–water partition coefficient (Wildman–Crippen LogP) is 2.07. The minimum Gasteiger partial charge on any atom is -0.357 e. The van der Waals surface area contributed by atoms with Crippen LogP contribution in [-0.2, 0) is 22.3 Å². The molecule has 0 spiro atoms. The number of sulfonamides is 1. The van der Waals surface area contributed by atoms with Gasteiger partial charge in [-0.1, -0.05) is 6.07 Å². The van der Waals surface area contributed by atoms with Gasteiger partial charge >= 0.3 is 0 Å². The molecule has 0 fully saturated rings. The van der Waals surface area contributed by atoms with Gasteiger partial charge in [0.15, 0.2) is 5.96 Å². The summed E-state index contributed by atoms with van der Waals surface area (Å²) in [4.78, 5) is 4.54. The van der Waals surface area contributed by atoms with E-state index < -0.39 is 10.0 Å². The lowest BCUT2D eigenvalue weighted by atomic mass is 10.1. The van der Waals surface area contributed by atoms with Crippen molar-refractivity contribution < 1.29 is 12.8 Å². The van der Waals surface area contributed by atoms with Crippen molar-refractivity contribution in [2.45, 2.75) is 32.6 Å². The van der Waals surface area contributed by atoms with E-state index in [0.717, 1.165) is 23.4 Å². The molecular weight excluding hydrogens is 375 g/mol. The molecule has 1 aromatic carbocycles. The molecule has 26 heavy (non-hydrogen) atoms. The lowest BCUT2D eigenvalue weighted by Gasteiger charge is -2.12. The Balaban J connectivity index is 2.58. The van der Waals surface area contributed by atoms with Gasteiger partial charge < -0.3 is 10.6 Å². The number of aliphatic imine (C=N–C) groups is 1. The largest absolute Gasteiger partial charge is 0.357 e. The molecule has 0 aliphatic heterocycles. The van der Waals surface area contributed by atoms with Crippen LogP contribution in [0.5, 0.6) is 0 Å². The minimum absolute atomic E-state index is 0.0839. The van der Waals surface area contributed by atoms with E-state index >= 15 is 0 Å². The molecule has 0 unspecified atom stereocenters. The fraction of sp³-hybridized carbons (Fsp3) is 0.588. The Morgan fingerprint density at radius 1 is 1.19 bits per heavy atom. The second-order valence-electron chi connectivity index (χ2n) is 5.62. The van der Waals surface area contributed by atoms with Gasteiger partial charge in [0.05, 0.1) is 12.3 Å². The SMILES string of the molecule is CCNC(=NCc1ccc(F)cc1CSC)NCCCNS(=O)(=O)CC. The molecule has 0 aromatic heterocycles. The fourth-order valence-electron chi connectivity index (χ4n) is 2.17. The average molecular weight is 405 g/mol. The van der Waals surface area contributed by atoms with E-state index in [2.05, 4.69) is 20.3 Å². The molecule has 6 nitrogen and oxygen atoms in total. The smallest absolute Gasteiger partial charge is 0.211 e. The third kappa shape index (κ3) is 8.86.